The van der Waals surface area contributed by atoms with Crippen molar-refractivity contribution in [2.75, 3.05) is 13.1 Å². The number of rotatable bonds is 6. The molecule has 2 unspecified atom stereocenters. The second-order valence-corrected chi connectivity index (χ2v) is 12.5. The zero-order valence-electron chi connectivity index (χ0n) is 25.4. The smallest absolute Gasteiger partial charge is 0.410 e. The maximum absolute atomic E-state index is 12.9. The van der Waals surface area contributed by atoms with E-state index in [9.17, 15) is 4.79 Å². The van der Waals surface area contributed by atoms with E-state index in [-0.39, 0.29) is 18.7 Å². The van der Waals surface area contributed by atoms with Crippen molar-refractivity contribution in [3.8, 4) is 33.6 Å². The fourth-order valence-electron chi connectivity index (χ4n) is 7.15. The quantitative estimate of drug-likeness (QED) is 0.188. The van der Waals surface area contributed by atoms with Crippen molar-refractivity contribution in [1.82, 2.24) is 30.2 Å². The van der Waals surface area contributed by atoms with Gasteiger partial charge in [0, 0.05) is 17.8 Å². The number of carbonyl (C=O) groups excluding carboxylic acids is 1. The minimum atomic E-state index is -0.292. The van der Waals surface area contributed by atoms with Crippen LogP contribution in [-0.4, -0.2) is 44.0 Å². The van der Waals surface area contributed by atoms with Gasteiger partial charge in [-0.25, -0.2) is 14.8 Å². The lowest BCUT2D eigenvalue weighted by molar-refractivity contribution is 0.0910. The molecule has 2 atom stereocenters. The molecule has 0 spiro atoms. The molecule has 4 heterocycles. The van der Waals surface area contributed by atoms with Crippen LogP contribution in [0.4, 0.5) is 4.79 Å². The average molecular weight is 599 g/mol. The molecule has 1 amide bonds. The highest BCUT2D eigenvalue weighted by atomic mass is 16.6. The van der Waals surface area contributed by atoms with Crippen LogP contribution in [0.5, 0.6) is 0 Å². The first kappa shape index (κ1) is 27.8. The maximum Gasteiger partial charge on any atom is 0.410 e. The second kappa shape index (κ2) is 12.0. The molecule has 8 rings (SSSR count). The molecule has 2 aliphatic heterocycles. The first-order valence-electron chi connectivity index (χ1n) is 16.3. The summed E-state index contributed by atoms with van der Waals surface area (Å²) in [6.07, 6.45) is 8.94. The summed E-state index contributed by atoms with van der Waals surface area (Å²) < 4.78 is 5.63. The summed E-state index contributed by atoms with van der Waals surface area (Å²) in [5.41, 5.74) is 10.4. The standard InChI is InChI=1S/C37H38N6O2/c44-37(45-23-24-7-2-1-3-8-24)43-20-6-12-33(43)36-39-22-32(41-36)26-15-13-25(14-16-26)27-17-18-29-28(21-27)9-4-10-30-34(29)42-35(40-30)31-11-5-19-38-31/h1-3,7-8,13-18,21-22,31,33,38H,4-6,9-12,19-20,23H2,(H,39,41)(H,40,42). The average Bonchev–Trinajstić information content (AvgIpc) is 3.91. The van der Waals surface area contributed by atoms with Gasteiger partial charge in [-0.05, 0) is 79.3 Å². The van der Waals surface area contributed by atoms with E-state index in [4.69, 9.17) is 14.7 Å². The summed E-state index contributed by atoms with van der Waals surface area (Å²) >= 11 is 0. The number of aromatic amines is 2. The van der Waals surface area contributed by atoms with E-state index in [0.717, 1.165) is 79.2 Å². The number of hydrogen-bond donors (Lipinski definition) is 3. The van der Waals surface area contributed by atoms with Crippen molar-refractivity contribution >= 4 is 6.09 Å². The van der Waals surface area contributed by atoms with Gasteiger partial charge in [-0.2, -0.15) is 0 Å². The molecule has 8 heteroatoms. The number of benzene rings is 3. The fourth-order valence-corrected chi connectivity index (χ4v) is 7.15. The van der Waals surface area contributed by atoms with Gasteiger partial charge in [-0.15, -0.1) is 0 Å². The monoisotopic (exact) mass is 598 g/mol. The molecule has 2 fully saturated rings. The van der Waals surface area contributed by atoms with E-state index < -0.39 is 0 Å². The van der Waals surface area contributed by atoms with Crippen molar-refractivity contribution in [3.63, 3.8) is 0 Å². The number of ether oxygens (including phenoxy) is 1. The normalized spacial score (nSPS) is 19.2. The molecule has 3 N–H and O–H groups in total. The molecule has 5 aromatic rings. The Labute approximate surface area is 263 Å². The Morgan fingerprint density at radius 1 is 0.867 bits per heavy atom. The van der Waals surface area contributed by atoms with Gasteiger partial charge < -0.3 is 20.0 Å². The first-order chi connectivity index (χ1) is 22.2. The summed E-state index contributed by atoms with van der Waals surface area (Å²) in [5.74, 6) is 1.90. The van der Waals surface area contributed by atoms with Gasteiger partial charge in [0.15, 0.2) is 0 Å². The van der Waals surface area contributed by atoms with E-state index in [1.807, 2.05) is 36.5 Å². The third-order valence-corrected chi connectivity index (χ3v) is 9.55. The molecule has 45 heavy (non-hydrogen) atoms. The predicted octanol–water partition coefficient (Wildman–Crippen LogP) is 7.52. The van der Waals surface area contributed by atoms with Gasteiger partial charge in [0.25, 0.3) is 0 Å². The number of nitrogens with one attached hydrogen (secondary N) is 3. The maximum atomic E-state index is 12.9. The van der Waals surface area contributed by atoms with Crippen LogP contribution < -0.4 is 5.32 Å². The number of likely N-dealkylation sites (tertiary alicyclic amines) is 1. The Hall–Kier alpha value is -4.69. The highest BCUT2D eigenvalue weighted by Gasteiger charge is 2.33. The van der Waals surface area contributed by atoms with Crippen LogP contribution in [0.15, 0.2) is 79.0 Å². The lowest BCUT2D eigenvalue weighted by Gasteiger charge is -2.22. The topological polar surface area (TPSA) is 98.9 Å². The summed E-state index contributed by atoms with van der Waals surface area (Å²) in [6, 6.07) is 25.5. The third-order valence-electron chi connectivity index (χ3n) is 9.55. The zero-order chi connectivity index (χ0) is 30.2. The van der Waals surface area contributed by atoms with Gasteiger partial charge in [0.05, 0.1) is 29.7 Å². The fraction of sp³-hybridized carbons (Fsp3) is 0.324. The molecule has 3 aliphatic rings. The van der Waals surface area contributed by atoms with E-state index in [1.54, 1.807) is 4.90 Å². The van der Waals surface area contributed by atoms with E-state index in [0.29, 0.717) is 12.6 Å². The van der Waals surface area contributed by atoms with Crippen molar-refractivity contribution in [2.45, 2.75) is 63.6 Å². The molecule has 228 valence electrons. The Bertz CT molecular complexity index is 1800. The first-order valence-corrected chi connectivity index (χ1v) is 16.3. The Morgan fingerprint density at radius 3 is 2.56 bits per heavy atom. The van der Waals surface area contributed by atoms with Crippen LogP contribution in [0.2, 0.25) is 0 Å². The lowest BCUT2D eigenvalue weighted by Crippen LogP contribution is -2.31. The molecular weight excluding hydrogens is 560 g/mol. The van der Waals surface area contributed by atoms with Crippen LogP contribution in [0.25, 0.3) is 33.6 Å². The highest BCUT2D eigenvalue weighted by molar-refractivity contribution is 5.75. The van der Waals surface area contributed by atoms with Gasteiger partial charge in [-0.3, -0.25) is 4.90 Å². The number of fused-ring (bicyclic) bond motifs is 3. The molecule has 2 saturated heterocycles. The lowest BCUT2D eigenvalue weighted by atomic mass is 9.95. The Kier molecular flexibility index (Phi) is 7.43. The summed E-state index contributed by atoms with van der Waals surface area (Å²) in [7, 11) is 0. The van der Waals surface area contributed by atoms with E-state index in [2.05, 4.69) is 57.7 Å². The van der Waals surface area contributed by atoms with Gasteiger partial charge in [-0.1, -0.05) is 72.8 Å². The number of carbonyl (C=O) groups is 1. The number of imidazole rings is 2. The Balaban J connectivity index is 0.969. The SMILES string of the molecule is O=C(OCc1ccccc1)N1CCCC1c1ncc(-c2ccc(-c3ccc4c(c3)CCCc3[nH]c(C5CCCN5)nc3-4)cc2)[nH]1. The predicted molar refractivity (Wildman–Crippen MR) is 174 cm³/mol. The van der Waals surface area contributed by atoms with Gasteiger partial charge in [0.1, 0.15) is 18.3 Å². The molecule has 3 aromatic carbocycles. The summed E-state index contributed by atoms with van der Waals surface area (Å²) in [4.78, 5) is 31.7. The highest BCUT2D eigenvalue weighted by Crippen LogP contribution is 2.37. The Morgan fingerprint density at radius 2 is 1.71 bits per heavy atom. The van der Waals surface area contributed by atoms with Crippen molar-refractivity contribution in [1.29, 1.82) is 0 Å². The van der Waals surface area contributed by atoms with Crippen molar-refractivity contribution < 1.29 is 9.53 Å². The molecular formula is C37H38N6O2. The van der Waals surface area contributed by atoms with Crippen LogP contribution in [0, 0.1) is 0 Å². The number of aromatic nitrogens is 4. The molecule has 0 bridgehead atoms. The second-order valence-electron chi connectivity index (χ2n) is 12.5. The molecule has 2 aromatic heterocycles. The number of nitrogens with zero attached hydrogens (tertiary/aromatic N) is 3. The van der Waals surface area contributed by atoms with E-state index >= 15 is 0 Å². The van der Waals surface area contributed by atoms with Crippen LogP contribution >= 0.6 is 0 Å². The number of H-pyrrole nitrogens is 2. The largest absolute Gasteiger partial charge is 0.445 e. The van der Waals surface area contributed by atoms with Gasteiger partial charge >= 0.3 is 6.09 Å². The minimum absolute atomic E-state index is 0.110. The zero-order valence-corrected chi connectivity index (χ0v) is 25.4. The minimum Gasteiger partial charge on any atom is -0.445 e. The number of amides is 1. The number of aryl methyl sites for hydroxylation is 2. The van der Waals surface area contributed by atoms with Crippen LogP contribution in [0.1, 0.15) is 72.7 Å². The third kappa shape index (κ3) is 5.55. The molecule has 1 aliphatic carbocycles. The van der Waals surface area contributed by atoms with Crippen molar-refractivity contribution in [3.05, 3.63) is 107 Å². The summed E-state index contributed by atoms with van der Waals surface area (Å²) in [5, 5.41) is 3.58. The number of hydrogen-bond acceptors (Lipinski definition) is 5. The van der Waals surface area contributed by atoms with Gasteiger partial charge in [0.2, 0.25) is 0 Å². The molecule has 0 radical (unpaired) electrons. The van der Waals surface area contributed by atoms with Crippen molar-refractivity contribution in [2.24, 2.45) is 0 Å². The van der Waals surface area contributed by atoms with E-state index in [1.165, 1.54) is 34.4 Å². The van der Waals surface area contributed by atoms with Crippen LogP contribution in [0.3, 0.4) is 0 Å². The summed E-state index contributed by atoms with van der Waals surface area (Å²) in [6.45, 7) is 2.01. The van der Waals surface area contributed by atoms with Crippen LogP contribution in [-0.2, 0) is 24.2 Å². The molecule has 8 nitrogen and oxygen atoms in total. The molecule has 0 saturated carbocycles.